The third-order valence-corrected chi connectivity index (χ3v) is 4.81. The molecule has 0 bridgehead atoms. The maximum atomic E-state index is 13.0. The molecule has 7 nitrogen and oxygen atoms in total. The molecule has 2 heterocycles. The van der Waals surface area contributed by atoms with Gasteiger partial charge in [-0.3, -0.25) is 24.7 Å². The highest BCUT2D eigenvalue weighted by Crippen LogP contribution is 2.45. The van der Waals surface area contributed by atoms with Crippen molar-refractivity contribution in [2.75, 3.05) is 0 Å². The molecule has 2 aliphatic rings. The number of rotatable bonds is 2. The Kier molecular flexibility index (Phi) is 2.80. The van der Waals surface area contributed by atoms with Crippen LogP contribution in [0.2, 0.25) is 0 Å². The summed E-state index contributed by atoms with van der Waals surface area (Å²) in [6.07, 6.45) is 0.782. The van der Waals surface area contributed by atoms with Crippen molar-refractivity contribution in [2.24, 2.45) is 0 Å². The lowest BCUT2D eigenvalue weighted by atomic mass is 9.96. The lowest BCUT2D eigenvalue weighted by Crippen LogP contribution is -2.06. The average Bonchev–Trinajstić information content (AvgIpc) is 3.33. The fourth-order valence-corrected chi connectivity index (χ4v) is 3.72. The summed E-state index contributed by atoms with van der Waals surface area (Å²) < 4.78 is 5.35. The normalized spacial score (nSPS) is 14.3. The van der Waals surface area contributed by atoms with E-state index in [4.69, 9.17) is 4.42 Å². The summed E-state index contributed by atoms with van der Waals surface area (Å²) in [5.41, 5.74) is 3.27. The minimum Gasteiger partial charge on any atom is -0.401 e. The van der Waals surface area contributed by atoms with Gasteiger partial charge in [-0.15, -0.1) is 0 Å². The third-order valence-electron chi connectivity index (χ3n) is 4.81. The van der Waals surface area contributed by atoms with Gasteiger partial charge in [-0.2, -0.15) is 0 Å². The number of aromatic nitrogens is 1. The topological polar surface area (TPSA) is 103 Å². The Morgan fingerprint density at radius 1 is 0.962 bits per heavy atom. The Labute approximate surface area is 146 Å². The Hall–Kier alpha value is -3.61. The molecule has 2 aromatic heterocycles. The molecule has 0 amide bonds. The van der Waals surface area contributed by atoms with E-state index >= 15 is 0 Å². The molecule has 0 aliphatic heterocycles. The quantitative estimate of drug-likeness (QED) is 0.406. The Balaban J connectivity index is 1.87. The summed E-state index contributed by atoms with van der Waals surface area (Å²) in [6.45, 7) is 0. The fraction of sp³-hybridized carbons (Fsp3) is 0.105. The summed E-state index contributed by atoms with van der Waals surface area (Å²) >= 11 is 0. The van der Waals surface area contributed by atoms with Gasteiger partial charge in [0.25, 0.3) is 0 Å². The minimum absolute atomic E-state index is 0.131. The Morgan fingerprint density at radius 2 is 1.73 bits per heavy atom. The van der Waals surface area contributed by atoms with E-state index in [2.05, 4.69) is 4.98 Å². The van der Waals surface area contributed by atoms with Gasteiger partial charge in [-0.1, -0.05) is 24.3 Å². The molecule has 126 valence electrons. The highest BCUT2D eigenvalue weighted by atomic mass is 16.6. The van der Waals surface area contributed by atoms with Gasteiger partial charge in [-0.05, 0) is 12.5 Å². The molecule has 7 heteroatoms. The Morgan fingerprint density at radius 3 is 2.46 bits per heavy atom. The molecule has 0 radical (unpaired) electrons. The second-order valence-corrected chi connectivity index (χ2v) is 6.22. The predicted octanol–water partition coefficient (Wildman–Crippen LogP) is 3.59. The van der Waals surface area contributed by atoms with Crippen LogP contribution in [0.1, 0.15) is 38.4 Å². The third kappa shape index (κ3) is 1.79. The molecular formula is C19H10N2O5. The van der Waals surface area contributed by atoms with Gasteiger partial charge in [0, 0.05) is 23.1 Å². The summed E-state index contributed by atoms with van der Waals surface area (Å²) in [5, 5.41) is 11.0. The van der Waals surface area contributed by atoms with Gasteiger partial charge in [0.15, 0.2) is 11.6 Å². The number of nitro groups is 1. The smallest absolute Gasteiger partial charge is 0.401 e. The molecule has 3 aromatic rings. The molecule has 0 saturated heterocycles. The van der Waals surface area contributed by atoms with Gasteiger partial charge in [0.05, 0.1) is 28.6 Å². The van der Waals surface area contributed by atoms with E-state index < -0.39 is 10.8 Å². The first-order valence-corrected chi connectivity index (χ1v) is 8.05. The predicted molar refractivity (Wildman–Crippen MR) is 90.1 cm³/mol. The van der Waals surface area contributed by atoms with Crippen LogP contribution in [0.4, 0.5) is 5.88 Å². The van der Waals surface area contributed by atoms with Crippen molar-refractivity contribution in [3.8, 4) is 22.6 Å². The van der Waals surface area contributed by atoms with Gasteiger partial charge in [0.2, 0.25) is 0 Å². The molecule has 2 aliphatic carbocycles. The number of nitrogens with zero attached hydrogens (tertiary/aromatic N) is 2. The molecular weight excluding hydrogens is 336 g/mol. The van der Waals surface area contributed by atoms with E-state index in [0.717, 1.165) is 0 Å². The highest BCUT2D eigenvalue weighted by Gasteiger charge is 2.38. The average molecular weight is 346 g/mol. The lowest BCUT2D eigenvalue weighted by Gasteiger charge is -2.10. The van der Waals surface area contributed by atoms with Crippen molar-refractivity contribution >= 4 is 17.5 Å². The first-order valence-electron chi connectivity index (χ1n) is 8.05. The minimum atomic E-state index is -0.649. The summed E-state index contributed by atoms with van der Waals surface area (Å²) in [4.78, 5) is 40.4. The van der Waals surface area contributed by atoms with E-state index in [1.165, 1.54) is 12.1 Å². The second-order valence-electron chi connectivity index (χ2n) is 6.22. The molecule has 1 aromatic carbocycles. The van der Waals surface area contributed by atoms with Crippen LogP contribution in [0.3, 0.4) is 0 Å². The SMILES string of the molecule is O=C1CCc2nc3c(c(-c4ccc([N+](=O)[O-])o4)c21)C(=O)c1ccccc1-3. The molecule has 5 rings (SSSR count). The number of carbonyl (C=O) groups is 2. The van der Waals surface area contributed by atoms with Crippen molar-refractivity contribution in [3.05, 3.63) is 68.9 Å². The fourth-order valence-electron chi connectivity index (χ4n) is 3.72. The number of pyridine rings is 1. The van der Waals surface area contributed by atoms with Crippen molar-refractivity contribution in [3.63, 3.8) is 0 Å². The first-order chi connectivity index (χ1) is 12.6. The number of furan rings is 1. The van der Waals surface area contributed by atoms with Crippen molar-refractivity contribution in [2.45, 2.75) is 12.8 Å². The number of aryl methyl sites for hydroxylation is 1. The van der Waals surface area contributed by atoms with Gasteiger partial charge >= 0.3 is 5.88 Å². The van der Waals surface area contributed by atoms with E-state index in [9.17, 15) is 19.7 Å². The first kappa shape index (κ1) is 14.7. The maximum Gasteiger partial charge on any atom is 0.433 e. The van der Waals surface area contributed by atoms with Gasteiger partial charge < -0.3 is 4.42 Å². The number of carbonyl (C=O) groups excluding carboxylic acids is 2. The van der Waals surface area contributed by atoms with Crippen LogP contribution in [-0.4, -0.2) is 21.5 Å². The molecule has 0 N–H and O–H groups in total. The molecule has 26 heavy (non-hydrogen) atoms. The van der Waals surface area contributed by atoms with Crippen LogP contribution in [0.25, 0.3) is 22.6 Å². The van der Waals surface area contributed by atoms with E-state index in [0.29, 0.717) is 46.5 Å². The maximum absolute atomic E-state index is 13.0. The van der Waals surface area contributed by atoms with Crippen LogP contribution in [-0.2, 0) is 6.42 Å². The van der Waals surface area contributed by atoms with E-state index in [-0.39, 0.29) is 22.9 Å². The van der Waals surface area contributed by atoms with Gasteiger partial charge in [0.1, 0.15) is 10.7 Å². The zero-order chi connectivity index (χ0) is 18.0. The number of Topliss-reactive ketones (excluding diaryl/α,β-unsaturated/α-hetero) is 1. The van der Waals surface area contributed by atoms with E-state index in [1.54, 1.807) is 12.1 Å². The zero-order valence-corrected chi connectivity index (χ0v) is 13.3. The van der Waals surface area contributed by atoms with Crippen LogP contribution in [0.15, 0.2) is 40.8 Å². The number of ketones is 2. The van der Waals surface area contributed by atoms with Crippen molar-refractivity contribution < 1.29 is 18.9 Å². The summed E-state index contributed by atoms with van der Waals surface area (Å²) in [6, 6.07) is 9.75. The molecule has 0 unspecified atom stereocenters. The molecule has 0 saturated carbocycles. The van der Waals surface area contributed by atoms with Crippen LogP contribution >= 0.6 is 0 Å². The summed E-state index contributed by atoms with van der Waals surface area (Å²) in [5.74, 6) is -0.677. The van der Waals surface area contributed by atoms with Gasteiger partial charge in [-0.25, -0.2) is 0 Å². The summed E-state index contributed by atoms with van der Waals surface area (Å²) in [7, 11) is 0. The number of benzene rings is 1. The molecule has 0 atom stereocenters. The second kappa shape index (κ2) is 4.95. The number of hydrogen-bond donors (Lipinski definition) is 0. The largest absolute Gasteiger partial charge is 0.433 e. The van der Waals surface area contributed by atoms with Crippen molar-refractivity contribution in [1.29, 1.82) is 0 Å². The standard InChI is InChI=1S/C19H10N2O5/c22-12-6-5-11-15(12)16(13-7-8-14(26-13)21(24)25)17-18(20-11)9-3-1-2-4-10(9)19(17)23/h1-4,7-8H,5-6H2. The highest BCUT2D eigenvalue weighted by molar-refractivity contribution is 6.26. The van der Waals surface area contributed by atoms with Crippen LogP contribution in [0, 0.1) is 10.1 Å². The number of hydrogen-bond acceptors (Lipinski definition) is 6. The Bertz CT molecular complexity index is 1160. The monoisotopic (exact) mass is 346 g/mol. The number of fused-ring (bicyclic) bond motifs is 4. The lowest BCUT2D eigenvalue weighted by molar-refractivity contribution is -0.401. The van der Waals surface area contributed by atoms with Crippen LogP contribution < -0.4 is 0 Å². The van der Waals surface area contributed by atoms with Crippen molar-refractivity contribution in [1.82, 2.24) is 4.98 Å². The zero-order valence-electron chi connectivity index (χ0n) is 13.3. The van der Waals surface area contributed by atoms with Crippen LogP contribution in [0.5, 0.6) is 0 Å². The van der Waals surface area contributed by atoms with E-state index in [1.807, 2.05) is 12.1 Å². The molecule has 0 spiro atoms. The molecule has 0 fully saturated rings.